The smallest absolute Gasteiger partial charge is 0.459 e. The van der Waals surface area contributed by atoms with Crippen molar-refractivity contribution in [3.63, 3.8) is 0 Å². The molecule has 0 bridgehead atoms. The van der Waals surface area contributed by atoms with Gasteiger partial charge in [-0.2, -0.15) is 0 Å². The Labute approximate surface area is 216 Å². The molecule has 0 saturated carbocycles. The Morgan fingerprint density at radius 1 is 1.00 bits per heavy atom. The molecular formula is C29H40BNO5. The molecule has 0 radical (unpaired) electrons. The van der Waals surface area contributed by atoms with Crippen molar-refractivity contribution in [2.24, 2.45) is 11.3 Å². The zero-order valence-electron chi connectivity index (χ0n) is 22.4. The average Bonchev–Trinajstić information content (AvgIpc) is 2.86. The monoisotopic (exact) mass is 493 g/mol. The first-order valence-electron chi connectivity index (χ1n) is 13.0. The molecule has 3 rings (SSSR count). The molecule has 6 nitrogen and oxygen atoms in total. The Morgan fingerprint density at radius 2 is 1.64 bits per heavy atom. The number of carbonyl (C=O) groups excluding carboxylic acids is 2. The van der Waals surface area contributed by atoms with E-state index in [0.717, 1.165) is 29.4 Å². The molecule has 0 aromatic heterocycles. The van der Waals surface area contributed by atoms with E-state index in [2.05, 4.69) is 20.8 Å². The second-order valence-corrected chi connectivity index (χ2v) is 10.8. The number of benzene rings is 2. The zero-order chi connectivity index (χ0) is 26.1. The van der Waals surface area contributed by atoms with E-state index < -0.39 is 6.04 Å². The van der Waals surface area contributed by atoms with Crippen LogP contribution in [0.3, 0.4) is 0 Å². The molecule has 1 aliphatic rings. The molecule has 0 spiro atoms. The lowest BCUT2D eigenvalue weighted by atomic mass is 9.75. The highest BCUT2D eigenvalue weighted by Gasteiger charge is 2.35. The largest absolute Gasteiger partial charge is 0.493 e. The molecule has 0 aliphatic carbocycles. The molecule has 194 valence electrons. The topological polar surface area (TPSA) is 65.1 Å². The summed E-state index contributed by atoms with van der Waals surface area (Å²) in [6.45, 7) is 12.0. The number of amides is 1. The average molecular weight is 493 g/mol. The van der Waals surface area contributed by atoms with Crippen LogP contribution in [-0.4, -0.2) is 43.2 Å². The maximum Gasteiger partial charge on any atom is 0.493 e. The van der Waals surface area contributed by atoms with E-state index in [1.54, 1.807) is 4.90 Å². The zero-order valence-corrected chi connectivity index (χ0v) is 22.4. The van der Waals surface area contributed by atoms with Crippen LogP contribution in [0.25, 0.3) is 0 Å². The third-order valence-electron chi connectivity index (χ3n) is 6.35. The standard InChI is InChI=1S/C29H40BNO5/c1-6-7-13-26(32)31(27(22(2)3)28(33)34-19-24-11-9-8-10-12-24)18-23-14-16-25(17-15-23)30-35-20-29(4,5)21-36-30/h8-12,14-17,22,27H,6-7,13,18-21H2,1-5H3/t27-/m0/s1. The van der Waals surface area contributed by atoms with Crippen molar-refractivity contribution < 1.29 is 23.6 Å². The van der Waals surface area contributed by atoms with Crippen LogP contribution in [0.4, 0.5) is 0 Å². The Balaban J connectivity index is 1.74. The van der Waals surface area contributed by atoms with E-state index in [0.29, 0.717) is 26.2 Å². The van der Waals surface area contributed by atoms with Crippen LogP contribution in [0.1, 0.15) is 65.0 Å². The maximum atomic E-state index is 13.3. The van der Waals surface area contributed by atoms with Gasteiger partial charge in [0.2, 0.25) is 5.91 Å². The molecule has 1 atom stereocenters. The van der Waals surface area contributed by atoms with Crippen LogP contribution < -0.4 is 5.46 Å². The lowest BCUT2D eigenvalue weighted by Crippen LogP contribution is -2.48. The summed E-state index contributed by atoms with van der Waals surface area (Å²) in [4.78, 5) is 28.2. The van der Waals surface area contributed by atoms with Gasteiger partial charge in [-0.25, -0.2) is 4.79 Å². The molecule has 1 saturated heterocycles. The molecule has 36 heavy (non-hydrogen) atoms. The minimum absolute atomic E-state index is 0.0107. The molecule has 1 aliphatic heterocycles. The third kappa shape index (κ3) is 7.94. The Hall–Kier alpha value is -2.64. The highest BCUT2D eigenvalue weighted by atomic mass is 16.6. The SMILES string of the molecule is CCCCC(=O)N(Cc1ccc(B2OCC(C)(C)CO2)cc1)[C@H](C(=O)OCc1ccccc1)C(C)C. The van der Waals surface area contributed by atoms with E-state index in [4.69, 9.17) is 14.0 Å². The van der Waals surface area contributed by atoms with E-state index in [9.17, 15) is 9.59 Å². The van der Waals surface area contributed by atoms with Crippen LogP contribution in [0.5, 0.6) is 0 Å². The number of unbranched alkanes of at least 4 members (excludes halogenated alkanes) is 1. The summed E-state index contributed by atoms with van der Waals surface area (Å²) in [5.74, 6) is -0.495. The number of nitrogens with zero attached hydrogens (tertiary/aromatic N) is 1. The van der Waals surface area contributed by atoms with E-state index in [1.807, 2.05) is 68.4 Å². The molecular weight excluding hydrogens is 453 g/mol. The van der Waals surface area contributed by atoms with Gasteiger partial charge in [0.25, 0.3) is 0 Å². The summed E-state index contributed by atoms with van der Waals surface area (Å²) in [7, 11) is -0.384. The minimum atomic E-state index is -0.662. The van der Waals surface area contributed by atoms with Crippen molar-refractivity contribution in [2.45, 2.75) is 73.1 Å². The lowest BCUT2D eigenvalue weighted by Gasteiger charge is -2.34. The number of carbonyl (C=O) groups is 2. The van der Waals surface area contributed by atoms with Crippen molar-refractivity contribution >= 4 is 24.5 Å². The van der Waals surface area contributed by atoms with Crippen LogP contribution >= 0.6 is 0 Å². The summed E-state index contributed by atoms with van der Waals surface area (Å²) in [5.41, 5.74) is 2.82. The van der Waals surface area contributed by atoms with Gasteiger partial charge in [-0.05, 0) is 28.9 Å². The lowest BCUT2D eigenvalue weighted by molar-refractivity contribution is -0.159. The second-order valence-electron chi connectivity index (χ2n) is 10.8. The quantitative estimate of drug-likeness (QED) is 0.334. The predicted molar refractivity (Wildman–Crippen MR) is 142 cm³/mol. The molecule has 1 heterocycles. The Kier molecular flexibility index (Phi) is 10.1. The van der Waals surface area contributed by atoms with E-state index in [-0.39, 0.29) is 36.9 Å². The number of rotatable bonds is 11. The number of ether oxygens (including phenoxy) is 1. The molecule has 7 heteroatoms. The van der Waals surface area contributed by atoms with Gasteiger partial charge >= 0.3 is 13.1 Å². The van der Waals surface area contributed by atoms with Crippen molar-refractivity contribution in [3.8, 4) is 0 Å². The summed E-state index contributed by atoms with van der Waals surface area (Å²) >= 11 is 0. The number of hydrogen-bond donors (Lipinski definition) is 0. The maximum absolute atomic E-state index is 13.3. The van der Waals surface area contributed by atoms with E-state index >= 15 is 0 Å². The third-order valence-corrected chi connectivity index (χ3v) is 6.35. The van der Waals surface area contributed by atoms with Gasteiger partial charge in [0.1, 0.15) is 12.6 Å². The summed E-state index contributed by atoms with van der Waals surface area (Å²) in [6.07, 6.45) is 2.10. The summed E-state index contributed by atoms with van der Waals surface area (Å²) < 4.78 is 17.5. The van der Waals surface area contributed by atoms with Crippen molar-refractivity contribution in [2.75, 3.05) is 13.2 Å². The first-order chi connectivity index (χ1) is 17.2. The fraction of sp³-hybridized carbons (Fsp3) is 0.517. The molecule has 0 unspecified atom stereocenters. The molecule has 1 fully saturated rings. The second kappa shape index (κ2) is 13.1. The van der Waals surface area contributed by atoms with Crippen molar-refractivity contribution in [1.82, 2.24) is 4.90 Å². The van der Waals surface area contributed by atoms with Gasteiger partial charge in [0.05, 0.1) is 0 Å². The van der Waals surface area contributed by atoms with Crippen LogP contribution in [-0.2, 0) is 36.8 Å². The van der Waals surface area contributed by atoms with Crippen molar-refractivity contribution in [1.29, 1.82) is 0 Å². The Morgan fingerprint density at radius 3 is 2.22 bits per heavy atom. The van der Waals surface area contributed by atoms with Gasteiger partial charge in [-0.3, -0.25) is 4.79 Å². The predicted octanol–water partition coefficient (Wildman–Crippen LogP) is 4.74. The fourth-order valence-corrected chi connectivity index (χ4v) is 4.25. The molecule has 2 aromatic carbocycles. The van der Waals surface area contributed by atoms with Crippen LogP contribution in [0.15, 0.2) is 54.6 Å². The first kappa shape index (κ1) is 27.9. The van der Waals surface area contributed by atoms with Crippen LogP contribution in [0, 0.1) is 11.3 Å². The summed E-state index contributed by atoms with van der Waals surface area (Å²) in [6, 6.07) is 16.8. The van der Waals surface area contributed by atoms with Gasteiger partial charge in [0.15, 0.2) is 0 Å². The van der Waals surface area contributed by atoms with E-state index in [1.165, 1.54) is 0 Å². The molecule has 1 amide bonds. The highest BCUT2D eigenvalue weighted by molar-refractivity contribution is 6.61. The van der Waals surface area contributed by atoms with Gasteiger partial charge < -0.3 is 18.9 Å². The Bertz CT molecular complexity index is 967. The molecule has 0 N–H and O–H groups in total. The van der Waals surface area contributed by atoms with Crippen LogP contribution in [0.2, 0.25) is 0 Å². The van der Waals surface area contributed by atoms with Crippen molar-refractivity contribution in [3.05, 3.63) is 65.7 Å². The first-order valence-corrected chi connectivity index (χ1v) is 13.0. The number of hydrogen-bond acceptors (Lipinski definition) is 5. The number of esters is 1. The van der Waals surface area contributed by atoms with Gasteiger partial charge in [-0.15, -0.1) is 0 Å². The normalized spacial score (nSPS) is 16.0. The highest BCUT2D eigenvalue weighted by Crippen LogP contribution is 2.22. The molecule has 2 aromatic rings. The fourth-order valence-electron chi connectivity index (χ4n) is 4.25. The minimum Gasteiger partial charge on any atom is -0.459 e. The van der Waals surface area contributed by atoms with Gasteiger partial charge in [0, 0.05) is 31.6 Å². The van der Waals surface area contributed by atoms with Gasteiger partial charge in [-0.1, -0.05) is 95.6 Å². The summed E-state index contributed by atoms with van der Waals surface area (Å²) in [5, 5.41) is 0.